The number of aromatic nitrogens is 3. The van der Waals surface area contributed by atoms with Crippen molar-refractivity contribution in [3.8, 4) is 0 Å². The highest BCUT2D eigenvalue weighted by atomic mass is 15.3. The highest BCUT2D eigenvalue weighted by Crippen LogP contribution is 2.25. The average molecular weight is 238 g/mol. The van der Waals surface area contributed by atoms with E-state index in [2.05, 4.69) is 35.5 Å². The van der Waals surface area contributed by atoms with Crippen LogP contribution in [0.15, 0.2) is 0 Å². The first-order valence-corrected chi connectivity index (χ1v) is 6.90. The molecule has 0 aliphatic carbocycles. The van der Waals surface area contributed by atoms with Gasteiger partial charge in [-0.25, -0.2) is 0 Å². The third-order valence-corrected chi connectivity index (χ3v) is 3.13. The zero-order valence-electron chi connectivity index (χ0n) is 11.4. The lowest BCUT2D eigenvalue weighted by Gasteiger charge is -2.16. The Kier molecular flexibility index (Phi) is 6.19. The first-order chi connectivity index (χ1) is 8.28. The second-order valence-corrected chi connectivity index (χ2v) is 4.60. The summed E-state index contributed by atoms with van der Waals surface area (Å²) in [5.74, 6) is 2.62. The van der Waals surface area contributed by atoms with Crippen LogP contribution >= 0.6 is 0 Å². The average Bonchev–Trinajstić information content (AvgIpc) is 2.72. The maximum atomic E-state index is 5.72. The van der Waals surface area contributed by atoms with Crippen molar-refractivity contribution < 1.29 is 0 Å². The molecular weight excluding hydrogens is 212 g/mol. The van der Waals surface area contributed by atoms with Crippen LogP contribution in [0.5, 0.6) is 0 Å². The molecule has 0 aliphatic rings. The van der Waals surface area contributed by atoms with Crippen LogP contribution in [-0.4, -0.2) is 14.8 Å². The summed E-state index contributed by atoms with van der Waals surface area (Å²) in [6, 6.07) is 0. The van der Waals surface area contributed by atoms with Crippen LogP contribution in [0.3, 0.4) is 0 Å². The summed E-state index contributed by atoms with van der Waals surface area (Å²) in [7, 11) is 0. The number of hydrogen-bond acceptors (Lipinski definition) is 3. The summed E-state index contributed by atoms with van der Waals surface area (Å²) < 4.78 is 2.23. The molecule has 0 atom stereocenters. The first-order valence-electron chi connectivity index (χ1n) is 6.90. The van der Waals surface area contributed by atoms with Crippen molar-refractivity contribution >= 4 is 0 Å². The van der Waals surface area contributed by atoms with E-state index in [1.54, 1.807) is 0 Å². The van der Waals surface area contributed by atoms with Crippen molar-refractivity contribution in [1.29, 1.82) is 0 Å². The number of rotatable bonds is 8. The number of nitrogens with two attached hydrogens (primary N) is 1. The lowest BCUT2D eigenvalue weighted by atomic mass is 9.97. The largest absolute Gasteiger partial charge is 0.324 e. The smallest absolute Gasteiger partial charge is 0.146 e. The van der Waals surface area contributed by atoms with E-state index >= 15 is 0 Å². The van der Waals surface area contributed by atoms with Gasteiger partial charge in [-0.2, -0.15) is 0 Å². The third-order valence-electron chi connectivity index (χ3n) is 3.13. The number of nitrogens with zero attached hydrogens (tertiary/aromatic N) is 3. The van der Waals surface area contributed by atoms with E-state index in [0.29, 0.717) is 12.5 Å². The molecule has 0 unspecified atom stereocenters. The van der Waals surface area contributed by atoms with Crippen molar-refractivity contribution in [2.75, 3.05) is 0 Å². The van der Waals surface area contributed by atoms with E-state index in [0.717, 1.165) is 24.6 Å². The van der Waals surface area contributed by atoms with E-state index in [4.69, 9.17) is 5.73 Å². The van der Waals surface area contributed by atoms with Gasteiger partial charge < -0.3 is 10.3 Å². The molecule has 1 heterocycles. The monoisotopic (exact) mass is 238 g/mol. The van der Waals surface area contributed by atoms with Crippen molar-refractivity contribution in [2.45, 2.75) is 71.9 Å². The Hall–Kier alpha value is -0.900. The van der Waals surface area contributed by atoms with Crippen LogP contribution in [0.4, 0.5) is 0 Å². The highest BCUT2D eigenvalue weighted by molar-refractivity contribution is 5.02. The van der Waals surface area contributed by atoms with Crippen LogP contribution in [0.2, 0.25) is 0 Å². The lowest BCUT2D eigenvalue weighted by Crippen LogP contribution is -2.14. The Morgan fingerprint density at radius 2 is 1.71 bits per heavy atom. The summed E-state index contributed by atoms with van der Waals surface area (Å²) in [5, 5.41) is 8.60. The molecule has 0 radical (unpaired) electrons. The van der Waals surface area contributed by atoms with E-state index in [-0.39, 0.29) is 0 Å². The minimum atomic E-state index is 0.484. The van der Waals surface area contributed by atoms with Crippen molar-refractivity contribution in [2.24, 2.45) is 5.73 Å². The van der Waals surface area contributed by atoms with Crippen molar-refractivity contribution in [1.82, 2.24) is 14.8 Å². The normalized spacial score (nSPS) is 11.4. The highest BCUT2D eigenvalue weighted by Gasteiger charge is 2.18. The second-order valence-electron chi connectivity index (χ2n) is 4.60. The summed E-state index contributed by atoms with van der Waals surface area (Å²) in [4.78, 5) is 0. The van der Waals surface area contributed by atoms with Gasteiger partial charge in [0.05, 0.1) is 6.54 Å². The van der Waals surface area contributed by atoms with Gasteiger partial charge in [0, 0.05) is 12.5 Å². The zero-order valence-corrected chi connectivity index (χ0v) is 11.4. The third kappa shape index (κ3) is 3.53. The molecule has 0 aromatic carbocycles. The van der Waals surface area contributed by atoms with Crippen LogP contribution in [0.1, 0.15) is 70.4 Å². The van der Waals surface area contributed by atoms with Crippen LogP contribution in [0.25, 0.3) is 0 Å². The summed E-state index contributed by atoms with van der Waals surface area (Å²) in [5.41, 5.74) is 5.72. The van der Waals surface area contributed by atoms with Crippen molar-refractivity contribution in [3.05, 3.63) is 11.6 Å². The second kappa shape index (κ2) is 7.43. The molecule has 1 aromatic rings. The Balaban J connectivity index is 2.95. The molecule has 4 heteroatoms. The van der Waals surface area contributed by atoms with E-state index in [1.807, 2.05) is 0 Å². The quantitative estimate of drug-likeness (QED) is 0.757. The minimum absolute atomic E-state index is 0.484. The van der Waals surface area contributed by atoms with Crippen LogP contribution < -0.4 is 5.73 Å². The fraction of sp³-hybridized carbons (Fsp3) is 0.846. The van der Waals surface area contributed by atoms with Crippen LogP contribution in [-0.2, 0) is 13.1 Å². The maximum Gasteiger partial charge on any atom is 0.146 e. The Morgan fingerprint density at radius 3 is 2.18 bits per heavy atom. The van der Waals surface area contributed by atoms with Gasteiger partial charge in [-0.15, -0.1) is 10.2 Å². The molecule has 1 rings (SSSR count). The Bertz CT molecular complexity index is 313. The predicted octanol–water partition coefficient (Wildman–Crippen LogP) is 2.83. The molecule has 0 saturated carbocycles. The molecule has 0 amide bonds. The first kappa shape index (κ1) is 14.2. The number of hydrogen-bond donors (Lipinski definition) is 1. The molecular formula is C13H26N4. The SMILES string of the molecule is CCCC(CCC)c1nnc(CN)n1CCC. The van der Waals surface area contributed by atoms with Gasteiger partial charge in [-0.1, -0.05) is 33.6 Å². The van der Waals surface area contributed by atoms with E-state index < -0.39 is 0 Å². The van der Waals surface area contributed by atoms with Gasteiger partial charge in [0.2, 0.25) is 0 Å². The standard InChI is InChI=1S/C13H26N4/c1-4-7-11(8-5-2)13-16-15-12(10-14)17(13)9-6-3/h11H,4-10,14H2,1-3H3. The van der Waals surface area contributed by atoms with E-state index in [1.165, 1.54) is 25.7 Å². The maximum absolute atomic E-state index is 5.72. The van der Waals surface area contributed by atoms with Crippen molar-refractivity contribution in [3.63, 3.8) is 0 Å². The molecule has 2 N–H and O–H groups in total. The van der Waals surface area contributed by atoms with Gasteiger partial charge in [0.15, 0.2) is 0 Å². The molecule has 0 fully saturated rings. The van der Waals surface area contributed by atoms with Gasteiger partial charge in [-0.3, -0.25) is 0 Å². The summed E-state index contributed by atoms with van der Waals surface area (Å²) >= 11 is 0. The Morgan fingerprint density at radius 1 is 1.06 bits per heavy atom. The summed E-state index contributed by atoms with van der Waals surface area (Å²) in [6.45, 7) is 8.11. The lowest BCUT2D eigenvalue weighted by molar-refractivity contribution is 0.493. The molecule has 1 aromatic heterocycles. The topological polar surface area (TPSA) is 56.7 Å². The molecule has 0 bridgehead atoms. The van der Waals surface area contributed by atoms with E-state index in [9.17, 15) is 0 Å². The van der Waals surface area contributed by atoms with Gasteiger partial charge >= 0.3 is 0 Å². The zero-order chi connectivity index (χ0) is 12.7. The van der Waals surface area contributed by atoms with Gasteiger partial charge in [0.25, 0.3) is 0 Å². The molecule has 17 heavy (non-hydrogen) atoms. The van der Waals surface area contributed by atoms with Crippen LogP contribution in [0, 0.1) is 0 Å². The Labute approximate surface area is 105 Å². The van der Waals surface area contributed by atoms with Gasteiger partial charge in [0.1, 0.15) is 11.6 Å². The minimum Gasteiger partial charge on any atom is -0.324 e. The predicted molar refractivity (Wildman–Crippen MR) is 70.8 cm³/mol. The van der Waals surface area contributed by atoms with Gasteiger partial charge in [-0.05, 0) is 19.3 Å². The molecule has 4 nitrogen and oxygen atoms in total. The molecule has 0 saturated heterocycles. The summed E-state index contributed by atoms with van der Waals surface area (Å²) in [6.07, 6.45) is 5.88. The fourth-order valence-electron chi connectivity index (χ4n) is 2.37. The fourth-order valence-corrected chi connectivity index (χ4v) is 2.37. The molecule has 0 spiro atoms. The molecule has 0 aliphatic heterocycles. The molecule has 98 valence electrons.